The molecule has 1 unspecified atom stereocenters. The predicted octanol–water partition coefficient (Wildman–Crippen LogP) is 5.21. The normalized spacial score (nSPS) is 12.6. The first-order valence-corrected chi connectivity index (χ1v) is 9.85. The van der Waals surface area contributed by atoms with Crippen molar-refractivity contribution in [1.29, 1.82) is 0 Å². The second-order valence-corrected chi connectivity index (χ2v) is 8.66. The van der Waals surface area contributed by atoms with E-state index < -0.39 is 5.41 Å². The van der Waals surface area contributed by atoms with Gasteiger partial charge in [0.1, 0.15) is 0 Å². The Kier molecular flexibility index (Phi) is 5.51. The second kappa shape index (κ2) is 7.74. The van der Waals surface area contributed by atoms with Gasteiger partial charge in [-0.25, -0.2) is 0 Å². The van der Waals surface area contributed by atoms with Crippen LogP contribution >= 0.6 is 0 Å². The molecular weight excluding hydrogens is 362 g/mol. The Morgan fingerprint density at radius 2 is 1.72 bits per heavy atom. The standard InChI is InChI=1S/C24H29N3O2/c1-15-11-12-17(25-23(29)24(3,4)5)13-20(15)26-22(28)16(2)19-14-27(6)21-10-8-7-9-18(19)21/h7-14,16H,1-6H3,(H,25,29)(H,26,28). The molecule has 2 N–H and O–H groups in total. The smallest absolute Gasteiger partial charge is 0.231 e. The van der Waals surface area contributed by atoms with E-state index in [-0.39, 0.29) is 17.7 Å². The zero-order valence-corrected chi connectivity index (χ0v) is 18.0. The van der Waals surface area contributed by atoms with Crippen molar-refractivity contribution < 1.29 is 9.59 Å². The van der Waals surface area contributed by atoms with Crippen LogP contribution < -0.4 is 10.6 Å². The largest absolute Gasteiger partial charge is 0.350 e. The molecule has 0 fully saturated rings. The van der Waals surface area contributed by atoms with Gasteiger partial charge in [0.05, 0.1) is 5.92 Å². The second-order valence-electron chi connectivity index (χ2n) is 8.66. The number of anilines is 2. The molecule has 5 heteroatoms. The Morgan fingerprint density at radius 1 is 1.03 bits per heavy atom. The van der Waals surface area contributed by atoms with Gasteiger partial charge >= 0.3 is 0 Å². The summed E-state index contributed by atoms with van der Waals surface area (Å²) in [6.07, 6.45) is 2.02. The minimum Gasteiger partial charge on any atom is -0.350 e. The lowest BCUT2D eigenvalue weighted by Crippen LogP contribution is -2.27. The average Bonchev–Trinajstić information content (AvgIpc) is 3.00. The third-order valence-corrected chi connectivity index (χ3v) is 5.22. The van der Waals surface area contributed by atoms with Gasteiger partial charge in [0.2, 0.25) is 11.8 Å². The van der Waals surface area contributed by atoms with Crippen molar-refractivity contribution in [2.75, 3.05) is 10.6 Å². The van der Waals surface area contributed by atoms with Crippen molar-refractivity contribution in [3.8, 4) is 0 Å². The lowest BCUT2D eigenvalue weighted by molar-refractivity contribution is -0.123. The molecule has 0 radical (unpaired) electrons. The first-order valence-electron chi connectivity index (χ1n) is 9.85. The highest BCUT2D eigenvalue weighted by Crippen LogP contribution is 2.29. The number of nitrogens with one attached hydrogen (secondary N) is 2. The third-order valence-electron chi connectivity index (χ3n) is 5.22. The highest BCUT2D eigenvalue weighted by Gasteiger charge is 2.22. The number of amides is 2. The summed E-state index contributed by atoms with van der Waals surface area (Å²) in [5.74, 6) is -0.458. The van der Waals surface area contributed by atoms with Crippen molar-refractivity contribution in [3.05, 3.63) is 59.8 Å². The van der Waals surface area contributed by atoms with Crippen molar-refractivity contribution in [1.82, 2.24) is 4.57 Å². The van der Waals surface area contributed by atoms with E-state index in [0.717, 1.165) is 22.0 Å². The number of aryl methyl sites for hydroxylation is 2. The summed E-state index contributed by atoms with van der Waals surface area (Å²) in [4.78, 5) is 25.3. The number of aromatic nitrogens is 1. The van der Waals surface area contributed by atoms with Crippen LogP contribution in [0.1, 0.15) is 44.7 Å². The molecule has 0 aliphatic carbocycles. The minimum absolute atomic E-state index is 0.0669. The molecule has 2 aromatic carbocycles. The monoisotopic (exact) mass is 391 g/mol. The first-order chi connectivity index (χ1) is 13.6. The Morgan fingerprint density at radius 3 is 2.41 bits per heavy atom. The molecule has 5 nitrogen and oxygen atoms in total. The van der Waals surface area contributed by atoms with E-state index in [1.807, 2.05) is 88.8 Å². The van der Waals surface area contributed by atoms with Gasteiger partial charge in [-0.05, 0) is 43.2 Å². The fourth-order valence-corrected chi connectivity index (χ4v) is 3.25. The van der Waals surface area contributed by atoms with Gasteiger partial charge < -0.3 is 15.2 Å². The molecule has 2 amide bonds. The van der Waals surface area contributed by atoms with E-state index >= 15 is 0 Å². The highest BCUT2D eigenvalue weighted by atomic mass is 16.2. The Bertz CT molecular complexity index is 1070. The van der Waals surface area contributed by atoms with Gasteiger partial charge in [-0.15, -0.1) is 0 Å². The molecule has 3 rings (SSSR count). The maximum atomic E-state index is 13.0. The number of carbonyl (C=O) groups excluding carboxylic acids is 2. The zero-order chi connectivity index (χ0) is 21.3. The minimum atomic E-state index is -0.489. The summed E-state index contributed by atoms with van der Waals surface area (Å²) in [5, 5.41) is 7.04. The Balaban J connectivity index is 1.82. The number of para-hydroxylation sites is 1. The highest BCUT2D eigenvalue weighted by molar-refractivity contribution is 6.00. The van der Waals surface area contributed by atoms with E-state index in [4.69, 9.17) is 0 Å². The van der Waals surface area contributed by atoms with Gasteiger partial charge in [-0.2, -0.15) is 0 Å². The van der Waals surface area contributed by atoms with Gasteiger partial charge in [0.15, 0.2) is 0 Å². The molecule has 1 aromatic heterocycles. The van der Waals surface area contributed by atoms with E-state index in [1.165, 1.54) is 0 Å². The summed E-state index contributed by atoms with van der Waals surface area (Å²) < 4.78 is 2.04. The summed E-state index contributed by atoms with van der Waals surface area (Å²) in [6, 6.07) is 13.6. The first kappa shape index (κ1) is 20.6. The average molecular weight is 392 g/mol. The molecule has 3 aromatic rings. The number of benzene rings is 2. The summed E-state index contributed by atoms with van der Waals surface area (Å²) >= 11 is 0. The zero-order valence-electron chi connectivity index (χ0n) is 18.0. The number of hydrogen-bond donors (Lipinski definition) is 2. The van der Waals surface area contributed by atoms with E-state index in [1.54, 1.807) is 0 Å². The fourth-order valence-electron chi connectivity index (χ4n) is 3.25. The number of fused-ring (bicyclic) bond motifs is 1. The molecule has 1 heterocycles. The molecular formula is C24H29N3O2. The molecule has 152 valence electrons. The molecule has 0 saturated heterocycles. The third kappa shape index (κ3) is 4.34. The predicted molar refractivity (Wildman–Crippen MR) is 119 cm³/mol. The molecule has 0 aliphatic heterocycles. The molecule has 0 aliphatic rings. The van der Waals surface area contributed by atoms with Gasteiger partial charge in [0, 0.05) is 40.9 Å². The molecule has 1 atom stereocenters. The van der Waals surface area contributed by atoms with E-state index in [9.17, 15) is 9.59 Å². The Hall–Kier alpha value is -3.08. The van der Waals surface area contributed by atoms with Gasteiger partial charge in [-0.1, -0.05) is 45.0 Å². The van der Waals surface area contributed by atoms with Gasteiger partial charge in [-0.3, -0.25) is 9.59 Å². The maximum Gasteiger partial charge on any atom is 0.231 e. The van der Waals surface area contributed by atoms with E-state index in [2.05, 4.69) is 16.7 Å². The summed E-state index contributed by atoms with van der Waals surface area (Å²) in [6.45, 7) is 9.45. The molecule has 29 heavy (non-hydrogen) atoms. The van der Waals surface area contributed by atoms with Crippen LogP contribution in [0.3, 0.4) is 0 Å². The maximum absolute atomic E-state index is 13.0. The fraction of sp³-hybridized carbons (Fsp3) is 0.333. The summed E-state index contributed by atoms with van der Waals surface area (Å²) in [7, 11) is 1.99. The lowest BCUT2D eigenvalue weighted by atomic mass is 9.95. The topological polar surface area (TPSA) is 63.1 Å². The number of rotatable bonds is 4. The van der Waals surface area contributed by atoms with Crippen LogP contribution in [0.5, 0.6) is 0 Å². The van der Waals surface area contributed by atoms with Gasteiger partial charge in [0.25, 0.3) is 0 Å². The van der Waals surface area contributed by atoms with Crippen LogP contribution in [-0.4, -0.2) is 16.4 Å². The van der Waals surface area contributed by atoms with Crippen LogP contribution in [0.15, 0.2) is 48.7 Å². The molecule has 0 bridgehead atoms. The lowest BCUT2D eigenvalue weighted by Gasteiger charge is -2.19. The van der Waals surface area contributed by atoms with Crippen molar-refractivity contribution in [3.63, 3.8) is 0 Å². The number of carbonyl (C=O) groups is 2. The van der Waals surface area contributed by atoms with Crippen LogP contribution in [0.2, 0.25) is 0 Å². The van der Waals surface area contributed by atoms with Crippen molar-refractivity contribution in [2.45, 2.75) is 40.5 Å². The SMILES string of the molecule is Cc1ccc(NC(=O)C(C)(C)C)cc1NC(=O)C(C)c1cn(C)c2ccccc12. The Labute approximate surface area is 172 Å². The van der Waals surface area contributed by atoms with Crippen LogP contribution in [0, 0.1) is 12.3 Å². The van der Waals surface area contributed by atoms with Crippen LogP contribution in [-0.2, 0) is 16.6 Å². The van der Waals surface area contributed by atoms with Crippen molar-refractivity contribution >= 4 is 34.1 Å². The molecule has 0 saturated carbocycles. The molecule has 0 spiro atoms. The summed E-state index contributed by atoms with van der Waals surface area (Å²) in [5.41, 5.74) is 3.92. The van der Waals surface area contributed by atoms with Crippen LogP contribution in [0.25, 0.3) is 10.9 Å². The quantitative estimate of drug-likeness (QED) is 0.641. The van der Waals surface area contributed by atoms with E-state index in [0.29, 0.717) is 11.4 Å². The van der Waals surface area contributed by atoms with Crippen LogP contribution in [0.4, 0.5) is 11.4 Å². The van der Waals surface area contributed by atoms with Crippen molar-refractivity contribution in [2.24, 2.45) is 12.5 Å². The number of hydrogen-bond acceptors (Lipinski definition) is 2. The number of nitrogens with zero attached hydrogens (tertiary/aromatic N) is 1.